The van der Waals surface area contributed by atoms with Gasteiger partial charge < -0.3 is 16.0 Å². The minimum Gasteiger partial charge on any atom is -0.691 e. The van der Waals surface area contributed by atoms with Crippen LogP contribution in [0.4, 0.5) is 11.6 Å². The predicted molar refractivity (Wildman–Crippen MR) is 43.2 cm³/mol. The Bertz CT molecular complexity index is 266. The summed E-state index contributed by atoms with van der Waals surface area (Å²) in [6.07, 6.45) is 0. The number of nitrogens with two attached hydrogens (primary N) is 1. The molecule has 0 aliphatic rings. The van der Waals surface area contributed by atoms with Crippen LogP contribution >= 0.6 is 0 Å². The Labute approximate surface area is 69.2 Å². The molecule has 1 aromatic rings. The van der Waals surface area contributed by atoms with Crippen molar-refractivity contribution in [2.24, 2.45) is 0 Å². The van der Waals surface area contributed by atoms with Gasteiger partial charge in [-0.05, 0) is 6.07 Å². The van der Waals surface area contributed by atoms with Crippen molar-refractivity contribution in [2.75, 3.05) is 24.2 Å². The van der Waals surface area contributed by atoms with Gasteiger partial charge in [0.05, 0.1) is 6.61 Å². The summed E-state index contributed by atoms with van der Waals surface area (Å²) in [5.41, 5.74) is 5.25. The molecule has 0 aromatic carbocycles. The van der Waals surface area contributed by atoms with E-state index in [1.54, 1.807) is 0 Å². The largest absolute Gasteiger partial charge is 0.691 e. The molecule has 1 heterocycles. The molecule has 0 aliphatic carbocycles. The lowest BCUT2D eigenvalue weighted by Gasteiger charge is -2.05. The van der Waals surface area contributed by atoms with Crippen LogP contribution in [0.15, 0.2) is 12.1 Å². The fraction of sp³-hybridized carbons (Fsp3) is 0.333. The van der Waals surface area contributed by atoms with Gasteiger partial charge in [-0.1, -0.05) is 5.10 Å². The van der Waals surface area contributed by atoms with Crippen LogP contribution in [0.2, 0.25) is 0 Å². The Hall–Kier alpha value is -1.56. The molecule has 0 bridgehead atoms. The van der Waals surface area contributed by atoms with E-state index in [9.17, 15) is 5.21 Å². The Balaban J connectivity index is 2.72. The van der Waals surface area contributed by atoms with Gasteiger partial charge in [0, 0.05) is 6.07 Å². The Morgan fingerprint density at radius 1 is 1.67 bits per heavy atom. The van der Waals surface area contributed by atoms with Gasteiger partial charge in [0.25, 0.3) is 5.82 Å². The van der Waals surface area contributed by atoms with Crippen LogP contribution in [0, 0.1) is 5.21 Å². The highest BCUT2D eigenvalue weighted by molar-refractivity contribution is 5.34. The standard InChI is InChI=1S/C6H10N4O2/c7-5-1-2-6(8-3-4-11)10(12)9-5/h1-2,8,11H,3-4H2,(H2,7,9). The Kier molecular flexibility index (Phi) is 2.65. The van der Waals surface area contributed by atoms with E-state index in [0.29, 0.717) is 11.4 Å². The van der Waals surface area contributed by atoms with Crippen molar-refractivity contribution >= 4 is 11.6 Å². The molecular weight excluding hydrogens is 160 g/mol. The fourth-order valence-corrected chi connectivity index (χ4v) is 0.731. The normalized spacial score (nSPS) is 9.75. The summed E-state index contributed by atoms with van der Waals surface area (Å²) in [6.45, 7) is 0.276. The van der Waals surface area contributed by atoms with E-state index in [-0.39, 0.29) is 18.2 Å². The zero-order valence-electron chi connectivity index (χ0n) is 6.40. The number of nitrogen functional groups attached to an aromatic ring is 1. The molecule has 0 spiro atoms. The summed E-state index contributed by atoms with van der Waals surface area (Å²) in [4.78, 5) is 0.380. The molecule has 0 atom stereocenters. The topological polar surface area (TPSA) is 98.1 Å². The van der Waals surface area contributed by atoms with Gasteiger partial charge in [-0.2, -0.15) is 0 Å². The first-order valence-corrected chi connectivity index (χ1v) is 3.45. The van der Waals surface area contributed by atoms with Crippen molar-refractivity contribution in [2.45, 2.75) is 0 Å². The fourth-order valence-electron chi connectivity index (χ4n) is 0.731. The molecule has 6 heteroatoms. The molecule has 1 rings (SSSR count). The highest BCUT2D eigenvalue weighted by atomic mass is 16.5. The molecule has 0 aliphatic heterocycles. The SMILES string of the molecule is Nc1ccc(NCCO)[n+]([O-])n1. The average molecular weight is 170 g/mol. The van der Waals surface area contributed by atoms with Crippen molar-refractivity contribution in [3.8, 4) is 0 Å². The highest BCUT2D eigenvalue weighted by Crippen LogP contribution is 1.99. The van der Waals surface area contributed by atoms with Crippen LogP contribution in [0.25, 0.3) is 0 Å². The Morgan fingerprint density at radius 2 is 2.42 bits per heavy atom. The second-order valence-corrected chi connectivity index (χ2v) is 2.17. The predicted octanol–water partition coefficient (Wildman–Crippen LogP) is -1.30. The summed E-state index contributed by atoms with van der Waals surface area (Å²) in [6, 6.07) is 3.01. The first-order chi connectivity index (χ1) is 5.74. The minimum atomic E-state index is -0.0373. The number of aromatic nitrogens is 2. The van der Waals surface area contributed by atoms with E-state index in [1.165, 1.54) is 12.1 Å². The summed E-state index contributed by atoms with van der Waals surface area (Å²) in [7, 11) is 0. The van der Waals surface area contributed by atoms with Crippen LogP contribution in [0.5, 0.6) is 0 Å². The lowest BCUT2D eigenvalue weighted by atomic mass is 10.5. The van der Waals surface area contributed by atoms with Gasteiger partial charge in [0.15, 0.2) is 5.82 Å². The van der Waals surface area contributed by atoms with E-state index in [0.717, 1.165) is 0 Å². The van der Waals surface area contributed by atoms with Crippen LogP contribution in [0.1, 0.15) is 0 Å². The zero-order valence-corrected chi connectivity index (χ0v) is 6.40. The molecule has 6 nitrogen and oxygen atoms in total. The lowest BCUT2D eigenvalue weighted by molar-refractivity contribution is -0.653. The third kappa shape index (κ3) is 1.96. The number of nitrogens with one attached hydrogen (secondary N) is 1. The summed E-state index contributed by atoms with van der Waals surface area (Å²) in [5.74, 6) is 0.442. The van der Waals surface area contributed by atoms with Crippen molar-refractivity contribution < 1.29 is 9.95 Å². The lowest BCUT2D eigenvalue weighted by Crippen LogP contribution is -2.36. The number of anilines is 2. The quantitative estimate of drug-likeness (QED) is 0.387. The number of aliphatic hydroxyl groups excluding tert-OH is 1. The third-order valence-electron chi connectivity index (χ3n) is 1.24. The molecule has 12 heavy (non-hydrogen) atoms. The smallest absolute Gasteiger partial charge is 0.299 e. The van der Waals surface area contributed by atoms with Crippen LogP contribution in [-0.2, 0) is 0 Å². The maximum atomic E-state index is 10.9. The maximum Gasteiger partial charge on any atom is 0.299 e. The van der Waals surface area contributed by atoms with Gasteiger partial charge in [-0.25, -0.2) is 0 Å². The molecule has 0 fully saturated rings. The Morgan fingerprint density at radius 3 is 3.00 bits per heavy atom. The number of rotatable bonds is 3. The number of hydrogen-bond donors (Lipinski definition) is 3. The molecule has 0 unspecified atom stereocenters. The first kappa shape index (κ1) is 8.54. The summed E-state index contributed by atoms with van der Waals surface area (Å²) >= 11 is 0. The number of nitrogens with zero attached hydrogens (tertiary/aromatic N) is 2. The zero-order chi connectivity index (χ0) is 8.97. The van der Waals surface area contributed by atoms with Gasteiger partial charge in [-0.3, -0.25) is 5.32 Å². The monoisotopic (exact) mass is 170 g/mol. The second-order valence-electron chi connectivity index (χ2n) is 2.17. The van der Waals surface area contributed by atoms with Crippen molar-refractivity contribution in [3.63, 3.8) is 0 Å². The van der Waals surface area contributed by atoms with E-state index < -0.39 is 0 Å². The van der Waals surface area contributed by atoms with Gasteiger partial charge >= 0.3 is 0 Å². The van der Waals surface area contributed by atoms with E-state index in [2.05, 4.69) is 10.4 Å². The summed E-state index contributed by atoms with van der Waals surface area (Å²) in [5, 5.41) is 25.5. The van der Waals surface area contributed by atoms with Crippen LogP contribution in [-0.4, -0.2) is 23.4 Å². The van der Waals surface area contributed by atoms with Crippen molar-refractivity contribution in [1.82, 2.24) is 5.10 Å². The first-order valence-electron chi connectivity index (χ1n) is 3.45. The summed E-state index contributed by atoms with van der Waals surface area (Å²) < 4.78 is 0. The highest BCUT2D eigenvalue weighted by Gasteiger charge is 2.02. The molecule has 0 saturated carbocycles. The third-order valence-corrected chi connectivity index (χ3v) is 1.24. The van der Waals surface area contributed by atoms with Gasteiger partial charge in [0.2, 0.25) is 0 Å². The molecule has 66 valence electrons. The van der Waals surface area contributed by atoms with Gasteiger partial charge in [0.1, 0.15) is 6.54 Å². The molecular formula is C6H10N4O2. The number of hydrogen-bond acceptors (Lipinski definition) is 5. The second kappa shape index (κ2) is 3.72. The molecule has 0 amide bonds. The minimum absolute atomic E-state index is 0.0373. The van der Waals surface area contributed by atoms with Crippen LogP contribution < -0.4 is 15.9 Å². The van der Waals surface area contributed by atoms with E-state index in [1.807, 2.05) is 0 Å². The van der Waals surface area contributed by atoms with E-state index >= 15 is 0 Å². The van der Waals surface area contributed by atoms with E-state index in [4.69, 9.17) is 10.8 Å². The molecule has 1 aromatic heterocycles. The van der Waals surface area contributed by atoms with Gasteiger partial charge in [-0.15, -0.1) is 4.85 Å². The maximum absolute atomic E-state index is 10.9. The van der Waals surface area contributed by atoms with Crippen molar-refractivity contribution in [3.05, 3.63) is 17.3 Å². The molecule has 4 N–H and O–H groups in total. The van der Waals surface area contributed by atoms with Crippen LogP contribution in [0.3, 0.4) is 0 Å². The molecule has 0 radical (unpaired) electrons. The molecule has 0 saturated heterocycles. The number of aliphatic hydroxyl groups is 1. The average Bonchev–Trinajstić information content (AvgIpc) is 2.03. The van der Waals surface area contributed by atoms with Crippen molar-refractivity contribution in [1.29, 1.82) is 0 Å².